The van der Waals surface area contributed by atoms with Gasteiger partial charge in [0.05, 0.1) is 6.20 Å². The number of nitrogens with one attached hydrogen (secondary N) is 1. The molecule has 0 unspecified atom stereocenters. The first-order valence-corrected chi connectivity index (χ1v) is 2.82. The molecule has 0 aliphatic carbocycles. The number of hydroxylamine groups is 1. The Balaban J connectivity index is 0.000000148. The minimum absolute atomic E-state index is 1.40. The van der Waals surface area contributed by atoms with Gasteiger partial charge in [-0.15, -0.1) is 0 Å². The molecular weight excluding hydrogens is 150 g/mol. The van der Waals surface area contributed by atoms with Crippen molar-refractivity contribution >= 4 is 11.4 Å². The van der Waals surface area contributed by atoms with Gasteiger partial charge in [-0.1, -0.05) is 4.99 Å². The van der Waals surface area contributed by atoms with Crippen LogP contribution in [0, 0.1) is 0 Å². The Kier molecular flexibility index (Phi) is 5.12. The topological polar surface area (TPSA) is 88.0 Å². The molecule has 54 valence electrons. The zero-order chi connectivity index (χ0) is 7.11. The van der Waals surface area contributed by atoms with Crippen LogP contribution < -0.4 is 5.48 Å². The Morgan fingerprint density at radius 2 is 2.11 bits per heavy atom. The van der Waals surface area contributed by atoms with Gasteiger partial charge < -0.3 is 4.89 Å². The Morgan fingerprint density at radius 1 is 1.56 bits per heavy atom. The molecule has 0 aromatic carbocycles. The highest BCUT2D eigenvalue weighted by atomic mass is 32.2. The maximum atomic E-state index is 8.67. The van der Waals surface area contributed by atoms with E-state index in [1.807, 2.05) is 0 Å². The second-order valence-electron chi connectivity index (χ2n) is 0.831. The van der Waals surface area contributed by atoms with Crippen LogP contribution in [-0.2, 0) is 21.2 Å². The van der Waals surface area contributed by atoms with Gasteiger partial charge in [0.25, 0.3) is 11.4 Å². The standard InChI is InChI=1S/C2H3NO2.H2O3S/c1-2-4-5-3-1;1-4(2)3/h1-3H;(H2,1,2,3). The molecule has 9 heavy (non-hydrogen) atoms. The molecular formula is C2H5NO5S. The van der Waals surface area contributed by atoms with E-state index in [2.05, 4.69) is 15.4 Å². The fraction of sp³-hybridized carbons (Fsp3) is 0. The van der Waals surface area contributed by atoms with Crippen LogP contribution in [0.4, 0.5) is 0 Å². The molecule has 1 aliphatic rings. The normalized spacial score (nSPS) is 13.7. The average Bonchev–Trinajstić information content (AvgIpc) is 2.11. The Hall–Kier alpha value is -0.630. The SMILES string of the molecule is C1=COON1.O=S(O)O. The Labute approximate surface area is 53.5 Å². The molecule has 0 radical (unpaired) electrons. The lowest BCUT2D eigenvalue weighted by atomic mass is 11.0. The monoisotopic (exact) mass is 155 g/mol. The minimum Gasteiger partial charge on any atom is -0.321 e. The van der Waals surface area contributed by atoms with Crippen LogP contribution in [0.15, 0.2) is 12.5 Å². The van der Waals surface area contributed by atoms with Crippen molar-refractivity contribution in [2.75, 3.05) is 0 Å². The van der Waals surface area contributed by atoms with Crippen LogP contribution in [0.2, 0.25) is 0 Å². The smallest absolute Gasteiger partial charge is 0.299 e. The van der Waals surface area contributed by atoms with E-state index in [-0.39, 0.29) is 0 Å². The second-order valence-corrected chi connectivity index (χ2v) is 1.29. The molecule has 0 aromatic rings. The molecule has 0 aromatic heterocycles. The summed E-state index contributed by atoms with van der Waals surface area (Å²) in [7, 11) is 0. The number of rotatable bonds is 0. The maximum absolute atomic E-state index is 8.67. The van der Waals surface area contributed by atoms with Crippen LogP contribution >= 0.6 is 0 Å². The summed E-state index contributed by atoms with van der Waals surface area (Å²) in [5.41, 5.74) is 2.32. The van der Waals surface area contributed by atoms with Crippen LogP contribution in [0.25, 0.3) is 0 Å². The molecule has 1 rings (SSSR count). The van der Waals surface area contributed by atoms with Gasteiger partial charge in [-0.3, -0.25) is 9.11 Å². The van der Waals surface area contributed by atoms with E-state index in [0.717, 1.165) is 0 Å². The van der Waals surface area contributed by atoms with E-state index >= 15 is 0 Å². The third-order valence-electron chi connectivity index (χ3n) is 0.288. The van der Waals surface area contributed by atoms with E-state index < -0.39 is 11.4 Å². The van der Waals surface area contributed by atoms with Crippen molar-refractivity contribution in [3.8, 4) is 0 Å². The van der Waals surface area contributed by atoms with E-state index in [1.54, 1.807) is 6.20 Å². The zero-order valence-corrected chi connectivity index (χ0v) is 5.00. The van der Waals surface area contributed by atoms with Gasteiger partial charge >= 0.3 is 0 Å². The van der Waals surface area contributed by atoms with Gasteiger partial charge in [-0.05, 0) is 0 Å². The van der Waals surface area contributed by atoms with Gasteiger partial charge in [0.1, 0.15) is 6.26 Å². The molecule has 0 saturated carbocycles. The van der Waals surface area contributed by atoms with E-state index in [1.165, 1.54) is 6.26 Å². The average molecular weight is 155 g/mol. The van der Waals surface area contributed by atoms with Gasteiger partial charge in [0, 0.05) is 0 Å². The van der Waals surface area contributed by atoms with Gasteiger partial charge in [-0.2, -0.15) is 4.21 Å². The molecule has 1 aliphatic heterocycles. The molecule has 0 spiro atoms. The van der Waals surface area contributed by atoms with Gasteiger partial charge in [-0.25, -0.2) is 5.48 Å². The van der Waals surface area contributed by atoms with E-state index in [0.29, 0.717) is 0 Å². The largest absolute Gasteiger partial charge is 0.321 e. The summed E-state index contributed by atoms with van der Waals surface area (Å²) >= 11 is -2.61. The molecule has 7 heteroatoms. The molecule has 1 heterocycles. The van der Waals surface area contributed by atoms with E-state index in [9.17, 15) is 0 Å². The summed E-state index contributed by atoms with van der Waals surface area (Å²) in [4.78, 5) is 8.24. The van der Waals surface area contributed by atoms with Crippen molar-refractivity contribution in [3.05, 3.63) is 12.5 Å². The number of hydrogen-bond acceptors (Lipinski definition) is 4. The highest BCUT2D eigenvalue weighted by Gasteiger charge is 1.81. The number of hydrogen-bond donors (Lipinski definition) is 3. The van der Waals surface area contributed by atoms with Crippen LogP contribution in [0.5, 0.6) is 0 Å². The summed E-state index contributed by atoms with van der Waals surface area (Å²) in [6.45, 7) is 0. The predicted molar refractivity (Wildman–Crippen MR) is 27.8 cm³/mol. The van der Waals surface area contributed by atoms with Crippen molar-refractivity contribution < 1.29 is 23.2 Å². The van der Waals surface area contributed by atoms with Crippen molar-refractivity contribution in [1.29, 1.82) is 0 Å². The first-order valence-electron chi connectivity index (χ1n) is 1.76. The second kappa shape index (κ2) is 5.51. The Morgan fingerprint density at radius 3 is 2.22 bits per heavy atom. The molecule has 0 atom stereocenters. The van der Waals surface area contributed by atoms with Crippen LogP contribution in [-0.4, -0.2) is 13.3 Å². The highest BCUT2D eigenvalue weighted by Crippen LogP contribution is 1.80. The van der Waals surface area contributed by atoms with Crippen LogP contribution in [0.3, 0.4) is 0 Å². The van der Waals surface area contributed by atoms with Gasteiger partial charge in [0.15, 0.2) is 0 Å². The summed E-state index contributed by atoms with van der Waals surface area (Å²) in [6.07, 6.45) is 2.94. The molecule has 0 amide bonds. The molecule has 6 nitrogen and oxygen atoms in total. The summed E-state index contributed by atoms with van der Waals surface area (Å²) in [5.74, 6) is 0. The zero-order valence-electron chi connectivity index (χ0n) is 4.18. The first-order chi connectivity index (χ1) is 4.23. The van der Waals surface area contributed by atoms with Crippen molar-refractivity contribution in [1.82, 2.24) is 5.48 Å². The first kappa shape index (κ1) is 8.37. The van der Waals surface area contributed by atoms with Gasteiger partial charge in [0.2, 0.25) is 0 Å². The van der Waals surface area contributed by atoms with Crippen LogP contribution in [0.1, 0.15) is 0 Å². The lowest BCUT2D eigenvalue weighted by molar-refractivity contribution is -0.264. The summed E-state index contributed by atoms with van der Waals surface area (Å²) in [5, 5.41) is 0. The van der Waals surface area contributed by atoms with E-state index in [4.69, 9.17) is 13.3 Å². The maximum Gasteiger partial charge on any atom is 0.299 e. The lowest BCUT2D eigenvalue weighted by Gasteiger charge is -1.81. The third kappa shape index (κ3) is 11.1. The fourth-order valence-corrected chi connectivity index (χ4v) is 0.139. The van der Waals surface area contributed by atoms with Crippen molar-refractivity contribution in [3.63, 3.8) is 0 Å². The third-order valence-corrected chi connectivity index (χ3v) is 0.288. The Bertz CT molecular complexity index is 104. The highest BCUT2D eigenvalue weighted by molar-refractivity contribution is 7.73. The summed E-state index contributed by atoms with van der Waals surface area (Å²) < 4.78 is 22.8. The summed E-state index contributed by atoms with van der Waals surface area (Å²) in [6, 6.07) is 0. The fourth-order valence-electron chi connectivity index (χ4n) is 0.139. The minimum atomic E-state index is -2.61. The quantitative estimate of drug-likeness (QED) is 0.326. The van der Waals surface area contributed by atoms with Crippen molar-refractivity contribution in [2.24, 2.45) is 0 Å². The molecule has 0 bridgehead atoms. The van der Waals surface area contributed by atoms with Crippen molar-refractivity contribution in [2.45, 2.75) is 0 Å². The molecule has 3 N–H and O–H groups in total. The molecule has 0 saturated heterocycles. The predicted octanol–water partition coefficient (Wildman–Crippen LogP) is -0.395. The molecule has 0 fully saturated rings. The lowest BCUT2D eigenvalue weighted by Crippen LogP contribution is -1.94.